The third-order valence-electron chi connectivity index (χ3n) is 9.78. The lowest BCUT2D eigenvalue weighted by Crippen LogP contribution is -2.01. The first kappa shape index (κ1) is 32.7. The van der Waals surface area contributed by atoms with Crippen molar-refractivity contribution in [1.82, 2.24) is 15.0 Å². The topological polar surface area (TPSA) is 38.7 Å². The number of hydrogen-bond acceptors (Lipinski definition) is 3. The Hall–Kier alpha value is -7.23. The van der Waals surface area contributed by atoms with E-state index in [0.29, 0.717) is 17.5 Å². The zero-order valence-electron chi connectivity index (χ0n) is 29.5. The van der Waals surface area contributed by atoms with E-state index in [1.54, 1.807) is 0 Å². The molecule has 0 fully saturated rings. The molecule has 3 heteroatoms. The minimum atomic E-state index is 0.621. The second-order valence-corrected chi connectivity index (χ2v) is 13.3. The van der Waals surface area contributed by atoms with Gasteiger partial charge < -0.3 is 0 Å². The predicted octanol–water partition coefficient (Wildman–Crippen LogP) is 13.2. The van der Waals surface area contributed by atoms with Crippen molar-refractivity contribution < 1.29 is 0 Å². The average molecular weight is 690 g/mol. The van der Waals surface area contributed by atoms with Crippen LogP contribution in [0, 0.1) is 0 Å². The molecule has 0 aliphatic rings. The van der Waals surface area contributed by atoms with Crippen LogP contribution in [0.5, 0.6) is 0 Å². The molecule has 1 heterocycles. The smallest absolute Gasteiger partial charge is 0.164 e. The molecule has 0 radical (unpaired) electrons. The first-order chi connectivity index (χ1) is 26.7. The highest BCUT2D eigenvalue weighted by molar-refractivity contribution is 5.86. The van der Waals surface area contributed by atoms with Crippen LogP contribution in [-0.4, -0.2) is 15.0 Å². The van der Waals surface area contributed by atoms with E-state index in [4.69, 9.17) is 15.0 Å². The average Bonchev–Trinajstić information content (AvgIpc) is 3.27. The minimum absolute atomic E-state index is 0.621. The van der Waals surface area contributed by atoms with Gasteiger partial charge in [0.2, 0.25) is 0 Å². The molecule has 0 amide bonds. The summed E-state index contributed by atoms with van der Waals surface area (Å²) < 4.78 is 0. The predicted molar refractivity (Wildman–Crippen MR) is 223 cm³/mol. The zero-order chi connectivity index (χ0) is 36.1. The van der Waals surface area contributed by atoms with Crippen molar-refractivity contribution in [2.45, 2.75) is 0 Å². The minimum Gasteiger partial charge on any atom is -0.208 e. The van der Waals surface area contributed by atoms with Gasteiger partial charge in [-0.2, -0.15) is 0 Å². The standard InChI is InChI=1S/C51H35N3/c1-5-14-36(15-6-1)39-24-26-41(27-25-39)44-22-13-23-46(34-44)50-52-49(43-30-28-40(29-31-43)37-16-7-2-8-17-37)53-51(54-50)47-33-32-45(38-18-9-3-10-19-38)35-48(47)42-20-11-4-12-21-42/h1-35H. The molecule has 0 bridgehead atoms. The second-order valence-electron chi connectivity index (χ2n) is 13.3. The van der Waals surface area contributed by atoms with E-state index in [2.05, 4.69) is 188 Å². The van der Waals surface area contributed by atoms with Crippen molar-refractivity contribution in [2.75, 3.05) is 0 Å². The van der Waals surface area contributed by atoms with Crippen LogP contribution in [0.4, 0.5) is 0 Å². The summed E-state index contributed by atoms with van der Waals surface area (Å²) in [6.45, 7) is 0. The quantitative estimate of drug-likeness (QED) is 0.159. The number of hydrogen-bond donors (Lipinski definition) is 0. The van der Waals surface area contributed by atoms with Gasteiger partial charge in [-0.25, -0.2) is 15.0 Å². The zero-order valence-corrected chi connectivity index (χ0v) is 29.5. The summed E-state index contributed by atoms with van der Waals surface area (Å²) in [4.78, 5) is 15.5. The Kier molecular flexibility index (Phi) is 8.94. The van der Waals surface area contributed by atoms with Crippen molar-refractivity contribution in [3.8, 4) is 89.8 Å². The fourth-order valence-corrected chi connectivity index (χ4v) is 6.93. The lowest BCUT2D eigenvalue weighted by molar-refractivity contribution is 1.07. The highest BCUT2D eigenvalue weighted by Crippen LogP contribution is 2.37. The molecule has 54 heavy (non-hydrogen) atoms. The lowest BCUT2D eigenvalue weighted by Gasteiger charge is -2.14. The molecule has 8 aromatic carbocycles. The van der Waals surface area contributed by atoms with Gasteiger partial charge in [-0.05, 0) is 73.8 Å². The van der Waals surface area contributed by atoms with E-state index < -0.39 is 0 Å². The van der Waals surface area contributed by atoms with E-state index in [-0.39, 0.29) is 0 Å². The van der Waals surface area contributed by atoms with Crippen LogP contribution >= 0.6 is 0 Å². The van der Waals surface area contributed by atoms with Crippen LogP contribution in [0.3, 0.4) is 0 Å². The van der Waals surface area contributed by atoms with Crippen molar-refractivity contribution in [3.05, 3.63) is 212 Å². The molecule has 0 atom stereocenters. The molecule has 0 N–H and O–H groups in total. The Bertz CT molecular complexity index is 2660. The van der Waals surface area contributed by atoms with Gasteiger partial charge in [-0.15, -0.1) is 0 Å². The molecule has 0 aliphatic carbocycles. The summed E-state index contributed by atoms with van der Waals surface area (Å²) in [7, 11) is 0. The lowest BCUT2D eigenvalue weighted by atomic mass is 9.94. The Morgan fingerprint density at radius 2 is 0.519 bits per heavy atom. The highest BCUT2D eigenvalue weighted by atomic mass is 15.0. The summed E-state index contributed by atoms with van der Waals surface area (Å²) in [6.07, 6.45) is 0. The fraction of sp³-hybridized carbons (Fsp3) is 0. The van der Waals surface area contributed by atoms with E-state index in [9.17, 15) is 0 Å². The first-order valence-corrected chi connectivity index (χ1v) is 18.2. The van der Waals surface area contributed by atoms with Crippen LogP contribution in [0.25, 0.3) is 89.8 Å². The Labute approximate surface area is 316 Å². The summed E-state index contributed by atoms with van der Waals surface area (Å²) in [5.74, 6) is 1.87. The third-order valence-corrected chi connectivity index (χ3v) is 9.78. The molecule has 254 valence electrons. The van der Waals surface area contributed by atoms with Crippen LogP contribution in [-0.2, 0) is 0 Å². The maximum Gasteiger partial charge on any atom is 0.164 e. The molecule has 3 nitrogen and oxygen atoms in total. The third kappa shape index (κ3) is 6.87. The summed E-state index contributed by atoms with van der Waals surface area (Å²) in [5, 5.41) is 0. The maximum atomic E-state index is 5.22. The van der Waals surface area contributed by atoms with E-state index in [1.165, 1.54) is 16.7 Å². The second kappa shape index (κ2) is 14.8. The largest absolute Gasteiger partial charge is 0.208 e. The molecule has 0 saturated heterocycles. The van der Waals surface area contributed by atoms with Crippen LogP contribution < -0.4 is 0 Å². The Balaban J connectivity index is 1.17. The van der Waals surface area contributed by atoms with Gasteiger partial charge in [0.25, 0.3) is 0 Å². The molecule has 0 spiro atoms. The number of nitrogens with zero attached hydrogens (tertiary/aromatic N) is 3. The summed E-state index contributed by atoms with van der Waals surface area (Å²) in [5.41, 5.74) is 14.2. The van der Waals surface area contributed by atoms with Crippen LogP contribution in [0.1, 0.15) is 0 Å². The number of rotatable bonds is 8. The van der Waals surface area contributed by atoms with Crippen molar-refractivity contribution >= 4 is 0 Å². The molecule has 0 saturated carbocycles. The van der Waals surface area contributed by atoms with Crippen molar-refractivity contribution in [2.24, 2.45) is 0 Å². The molecule has 9 rings (SSSR count). The van der Waals surface area contributed by atoms with Gasteiger partial charge in [0.15, 0.2) is 17.5 Å². The number of aromatic nitrogens is 3. The normalized spacial score (nSPS) is 11.0. The monoisotopic (exact) mass is 689 g/mol. The van der Waals surface area contributed by atoms with Gasteiger partial charge in [-0.1, -0.05) is 194 Å². The molecule has 0 aliphatic heterocycles. The maximum absolute atomic E-state index is 5.22. The molecule has 9 aromatic rings. The van der Waals surface area contributed by atoms with Gasteiger partial charge in [0.05, 0.1) is 0 Å². The Morgan fingerprint density at radius 1 is 0.185 bits per heavy atom. The summed E-state index contributed by atoms with van der Waals surface area (Å²) >= 11 is 0. The van der Waals surface area contributed by atoms with E-state index >= 15 is 0 Å². The first-order valence-electron chi connectivity index (χ1n) is 18.2. The molecule has 0 unspecified atom stereocenters. The van der Waals surface area contributed by atoms with Gasteiger partial charge in [-0.3, -0.25) is 0 Å². The van der Waals surface area contributed by atoms with Gasteiger partial charge >= 0.3 is 0 Å². The number of benzene rings is 8. The highest BCUT2D eigenvalue weighted by Gasteiger charge is 2.17. The summed E-state index contributed by atoms with van der Waals surface area (Å²) in [6, 6.07) is 74.1. The van der Waals surface area contributed by atoms with E-state index in [1.807, 2.05) is 24.3 Å². The Morgan fingerprint density at radius 3 is 1.06 bits per heavy atom. The van der Waals surface area contributed by atoms with Crippen molar-refractivity contribution in [3.63, 3.8) is 0 Å². The van der Waals surface area contributed by atoms with Gasteiger partial charge in [0, 0.05) is 16.7 Å². The van der Waals surface area contributed by atoms with Gasteiger partial charge in [0.1, 0.15) is 0 Å². The van der Waals surface area contributed by atoms with Crippen LogP contribution in [0.2, 0.25) is 0 Å². The molecular weight excluding hydrogens is 655 g/mol. The molecular formula is C51H35N3. The van der Waals surface area contributed by atoms with Crippen molar-refractivity contribution in [1.29, 1.82) is 0 Å². The van der Waals surface area contributed by atoms with Crippen LogP contribution in [0.15, 0.2) is 212 Å². The molecule has 1 aromatic heterocycles. The fourth-order valence-electron chi connectivity index (χ4n) is 6.93. The SMILES string of the molecule is c1ccc(-c2ccc(-c3cccc(-c4nc(-c5ccc(-c6ccccc6)cc5)nc(-c5ccc(-c6ccccc6)cc5-c5ccccc5)n4)c3)cc2)cc1. The van der Waals surface area contributed by atoms with E-state index in [0.717, 1.165) is 55.6 Å².